The average Bonchev–Trinajstić information content (AvgIpc) is 2.81. The van der Waals surface area contributed by atoms with Gasteiger partial charge in [-0.1, -0.05) is 31.2 Å². The quantitative estimate of drug-likeness (QED) is 0.807. The van der Waals surface area contributed by atoms with Crippen LogP contribution in [-0.2, 0) is 11.3 Å². The van der Waals surface area contributed by atoms with Crippen LogP contribution in [0.3, 0.4) is 0 Å². The van der Waals surface area contributed by atoms with Crippen molar-refractivity contribution in [2.45, 2.75) is 38.8 Å². The first-order valence-corrected chi connectivity index (χ1v) is 10.9. The Labute approximate surface area is 182 Å². The molecule has 2 aromatic carbocycles. The summed E-state index contributed by atoms with van der Waals surface area (Å²) in [6.07, 6.45) is 2.03. The van der Waals surface area contributed by atoms with Crippen molar-refractivity contribution in [2.75, 3.05) is 24.5 Å². The maximum Gasteiger partial charge on any atom is 0.324 e. The van der Waals surface area contributed by atoms with Crippen molar-refractivity contribution >= 4 is 17.6 Å². The van der Waals surface area contributed by atoms with Gasteiger partial charge in [-0.25, -0.2) is 9.18 Å². The number of carbonyl (C=O) groups excluding carboxylic acids is 2. The minimum Gasteiger partial charge on any atom is -0.486 e. The highest BCUT2D eigenvalue weighted by molar-refractivity contribution is 5.94. The van der Waals surface area contributed by atoms with Gasteiger partial charge in [-0.3, -0.25) is 9.69 Å². The smallest absolute Gasteiger partial charge is 0.324 e. The van der Waals surface area contributed by atoms with E-state index < -0.39 is 0 Å². The van der Waals surface area contributed by atoms with Gasteiger partial charge < -0.3 is 15.0 Å². The zero-order valence-corrected chi connectivity index (χ0v) is 17.7. The maximum atomic E-state index is 13.3. The highest BCUT2D eigenvalue weighted by Gasteiger charge is 2.34. The fraction of sp³-hybridized carbons (Fsp3) is 0.417. The molecule has 7 heteroatoms. The zero-order valence-electron chi connectivity index (χ0n) is 17.7. The standard InChI is InChI=1S/C24H28FN3O3/c1-2-20-16-28(21-8-3-4-9-22(21)31-20)24(30)27-12-10-18(11-13-27)23(29)26-15-17-6-5-7-19(25)14-17/h3-9,14,18,20H,2,10-13,15-16H2,1H3,(H,26,29)/t20-/m0/s1. The lowest BCUT2D eigenvalue weighted by atomic mass is 9.96. The summed E-state index contributed by atoms with van der Waals surface area (Å²) >= 11 is 0. The van der Waals surface area contributed by atoms with Gasteiger partial charge in [0, 0.05) is 25.6 Å². The molecule has 3 amide bonds. The molecule has 2 heterocycles. The minimum absolute atomic E-state index is 0.0232. The maximum absolute atomic E-state index is 13.3. The van der Waals surface area contributed by atoms with Gasteiger partial charge in [-0.15, -0.1) is 0 Å². The monoisotopic (exact) mass is 425 g/mol. The van der Waals surface area contributed by atoms with Crippen molar-refractivity contribution in [3.05, 3.63) is 59.9 Å². The van der Waals surface area contributed by atoms with E-state index in [9.17, 15) is 14.0 Å². The Morgan fingerprint density at radius 3 is 2.65 bits per heavy atom. The van der Waals surface area contributed by atoms with Crippen molar-refractivity contribution in [1.82, 2.24) is 10.2 Å². The molecule has 0 saturated carbocycles. The predicted octanol–water partition coefficient (Wildman–Crippen LogP) is 3.95. The van der Waals surface area contributed by atoms with E-state index >= 15 is 0 Å². The molecule has 1 fully saturated rings. The third kappa shape index (κ3) is 4.81. The third-order valence-corrected chi connectivity index (χ3v) is 6.01. The van der Waals surface area contributed by atoms with Crippen LogP contribution >= 0.6 is 0 Å². The van der Waals surface area contributed by atoms with Crippen molar-refractivity contribution in [3.8, 4) is 5.75 Å². The first-order valence-electron chi connectivity index (χ1n) is 10.9. The van der Waals surface area contributed by atoms with E-state index in [1.165, 1.54) is 12.1 Å². The van der Waals surface area contributed by atoms with Crippen molar-refractivity contribution in [1.29, 1.82) is 0 Å². The summed E-state index contributed by atoms with van der Waals surface area (Å²) in [5.41, 5.74) is 1.53. The summed E-state index contributed by atoms with van der Waals surface area (Å²) < 4.78 is 19.3. The molecule has 2 aliphatic heterocycles. The van der Waals surface area contributed by atoms with Gasteiger partial charge in [-0.05, 0) is 49.1 Å². The van der Waals surface area contributed by atoms with E-state index in [1.54, 1.807) is 17.0 Å². The topological polar surface area (TPSA) is 61.9 Å². The molecule has 2 aromatic rings. The summed E-state index contributed by atoms with van der Waals surface area (Å²) in [7, 11) is 0. The fourth-order valence-electron chi connectivity index (χ4n) is 4.18. The third-order valence-electron chi connectivity index (χ3n) is 6.01. The molecule has 1 N–H and O–H groups in total. The van der Waals surface area contributed by atoms with Crippen LogP contribution in [0.15, 0.2) is 48.5 Å². The van der Waals surface area contributed by atoms with E-state index in [2.05, 4.69) is 12.2 Å². The number of anilines is 1. The lowest BCUT2D eigenvalue weighted by Gasteiger charge is -2.39. The second kappa shape index (κ2) is 9.37. The Balaban J connectivity index is 1.33. The Hall–Kier alpha value is -3.09. The van der Waals surface area contributed by atoms with E-state index in [1.807, 2.05) is 29.2 Å². The number of piperidine rings is 1. The predicted molar refractivity (Wildman–Crippen MR) is 116 cm³/mol. The molecule has 4 rings (SSSR count). The summed E-state index contributed by atoms with van der Waals surface area (Å²) in [4.78, 5) is 29.4. The van der Waals surface area contributed by atoms with E-state index in [-0.39, 0.29) is 29.8 Å². The van der Waals surface area contributed by atoms with E-state index in [4.69, 9.17) is 4.74 Å². The number of likely N-dealkylation sites (tertiary alicyclic amines) is 1. The van der Waals surface area contributed by atoms with E-state index in [0.29, 0.717) is 39.0 Å². The molecular formula is C24H28FN3O3. The Bertz CT molecular complexity index is 943. The van der Waals surface area contributed by atoms with Crippen LogP contribution in [0, 0.1) is 11.7 Å². The first kappa shape index (κ1) is 21.2. The number of hydrogen-bond donors (Lipinski definition) is 1. The molecule has 164 valence electrons. The van der Waals surface area contributed by atoms with Gasteiger partial charge in [0.25, 0.3) is 0 Å². The van der Waals surface area contributed by atoms with Crippen LogP contribution in [0.1, 0.15) is 31.7 Å². The largest absolute Gasteiger partial charge is 0.486 e. The molecule has 0 spiro atoms. The molecule has 0 aromatic heterocycles. The number of carbonyl (C=O) groups is 2. The van der Waals surface area contributed by atoms with Crippen LogP contribution < -0.4 is 15.0 Å². The van der Waals surface area contributed by atoms with Gasteiger partial charge in [0.1, 0.15) is 17.7 Å². The molecule has 0 aliphatic carbocycles. The molecule has 0 bridgehead atoms. The van der Waals surface area contributed by atoms with E-state index in [0.717, 1.165) is 23.4 Å². The van der Waals surface area contributed by atoms with Crippen molar-refractivity contribution < 1.29 is 18.7 Å². The molecule has 0 radical (unpaired) electrons. The number of ether oxygens (including phenoxy) is 1. The van der Waals surface area contributed by atoms with Gasteiger partial charge in [0.15, 0.2) is 0 Å². The van der Waals surface area contributed by atoms with Crippen molar-refractivity contribution in [3.63, 3.8) is 0 Å². The van der Waals surface area contributed by atoms with Gasteiger partial charge >= 0.3 is 6.03 Å². The minimum atomic E-state index is -0.312. The summed E-state index contributed by atoms with van der Waals surface area (Å²) in [6, 6.07) is 13.8. The molecule has 1 saturated heterocycles. The number of hydrogen-bond acceptors (Lipinski definition) is 3. The number of nitrogens with zero attached hydrogens (tertiary/aromatic N) is 2. The zero-order chi connectivity index (χ0) is 21.8. The molecular weight excluding hydrogens is 397 g/mol. The molecule has 1 atom stereocenters. The second-order valence-electron chi connectivity index (χ2n) is 8.12. The first-order chi connectivity index (χ1) is 15.0. The summed E-state index contributed by atoms with van der Waals surface area (Å²) in [5.74, 6) is 0.242. The van der Waals surface area contributed by atoms with Crippen molar-refractivity contribution in [2.24, 2.45) is 5.92 Å². The van der Waals surface area contributed by atoms with Crippen LogP contribution in [-0.4, -0.2) is 42.6 Å². The number of halogens is 1. The fourth-order valence-corrected chi connectivity index (χ4v) is 4.18. The molecule has 6 nitrogen and oxygen atoms in total. The average molecular weight is 426 g/mol. The lowest BCUT2D eigenvalue weighted by Crippen LogP contribution is -2.52. The lowest BCUT2D eigenvalue weighted by molar-refractivity contribution is -0.126. The summed E-state index contributed by atoms with van der Waals surface area (Å²) in [6.45, 7) is 3.95. The van der Waals surface area contributed by atoms with Crippen LogP contribution in [0.25, 0.3) is 0 Å². The number of urea groups is 1. The SMILES string of the molecule is CC[C@H]1CN(C(=O)N2CCC(C(=O)NCc3cccc(F)c3)CC2)c2ccccc2O1. The molecule has 0 unspecified atom stereocenters. The highest BCUT2D eigenvalue weighted by atomic mass is 19.1. The molecule has 31 heavy (non-hydrogen) atoms. The van der Waals surface area contributed by atoms with Gasteiger partial charge in [0.2, 0.25) is 5.91 Å². The number of fused-ring (bicyclic) bond motifs is 1. The van der Waals surface area contributed by atoms with Gasteiger partial charge in [-0.2, -0.15) is 0 Å². The number of nitrogens with one attached hydrogen (secondary N) is 1. The Morgan fingerprint density at radius 2 is 1.90 bits per heavy atom. The summed E-state index contributed by atoms with van der Waals surface area (Å²) in [5, 5.41) is 2.89. The molecule has 2 aliphatic rings. The normalized spacial score (nSPS) is 18.8. The second-order valence-corrected chi connectivity index (χ2v) is 8.12. The number of para-hydroxylation sites is 2. The highest BCUT2D eigenvalue weighted by Crippen LogP contribution is 2.35. The Kier molecular flexibility index (Phi) is 6.39. The van der Waals surface area contributed by atoms with Crippen LogP contribution in [0.2, 0.25) is 0 Å². The number of rotatable bonds is 4. The van der Waals surface area contributed by atoms with Crippen LogP contribution in [0.5, 0.6) is 5.75 Å². The Morgan fingerprint density at radius 1 is 1.13 bits per heavy atom. The van der Waals surface area contributed by atoms with Crippen LogP contribution in [0.4, 0.5) is 14.9 Å². The number of amides is 3. The number of benzene rings is 2. The van der Waals surface area contributed by atoms with Gasteiger partial charge in [0.05, 0.1) is 12.2 Å².